The largest absolute Gasteiger partial charge is 0.322 e. The number of hydrogen-bond acceptors (Lipinski definition) is 3. The lowest BCUT2D eigenvalue weighted by Gasteiger charge is -2.10. The smallest absolute Gasteiger partial charge is 0.241 e. The highest BCUT2D eigenvalue weighted by atomic mass is 19.1. The van der Waals surface area contributed by atoms with E-state index < -0.39 is 5.82 Å². The van der Waals surface area contributed by atoms with Crippen LogP contribution >= 0.6 is 0 Å². The summed E-state index contributed by atoms with van der Waals surface area (Å²) in [5.41, 5.74) is 0.184. The number of pyridine rings is 1. The molecule has 80 valence electrons. The van der Waals surface area contributed by atoms with Crippen LogP contribution in [0, 0.1) is 5.82 Å². The molecule has 2 heterocycles. The van der Waals surface area contributed by atoms with Crippen LogP contribution in [0.15, 0.2) is 18.5 Å². The van der Waals surface area contributed by atoms with Gasteiger partial charge < -0.3 is 10.6 Å². The summed E-state index contributed by atoms with van der Waals surface area (Å²) in [7, 11) is 0. The van der Waals surface area contributed by atoms with Crippen molar-refractivity contribution in [2.75, 3.05) is 11.9 Å². The number of anilines is 1. The lowest BCUT2D eigenvalue weighted by atomic mass is 10.2. The van der Waals surface area contributed by atoms with Gasteiger partial charge in [-0.2, -0.15) is 0 Å². The van der Waals surface area contributed by atoms with Gasteiger partial charge in [-0.3, -0.25) is 9.78 Å². The zero-order chi connectivity index (χ0) is 10.7. The first-order valence-corrected chi connectivity index (χ1v) is 4.91. The van der Waals surface area contributed by atoms with Gasteiger partial charge >= 0.3 is 0 Å². The van der Waals surface area contributed by atoms with E-state index in [1.807, 2.05) is 0 Å². The van der Waals surface area contributed by atoms with E-state index in [4.69, 9.17) is 0 Å². The zero-order valence-corrected chi connectivity index (χ0v) is 8.16. The molecule has 1 unspecified atom stereocenters. The van der Waals surface area contributed by atoms with E-state index in [1.54, 1.807) is 0 Å². The molecule has 0 aliphatic carbocycles. The van der Waals surface area contributed by atoms with E-state index in [0.717, 1.165) is 25.6 Å². The maximum absolute atomic E-state index is 13.1. The van der Waals surface area contributed by atoms with Gasteiger partial charge in [0, 0.05) is 6.20 Å². The van der Waals surface area contributed by atoms with E-state index in [-0.39, 0.29) is 17.6 Å². The van der Waals surface area contributed by atoms with Gasteiger partial charge in [0.15, 0.2) is 5.82 Å². The van der Waals surface area contributed by atoms with Crippen LogP contribution < -0.4 is 10.6 Å². The van der Waals surface area contributed by atoms with Crippen molar-refractivity contribution in [1.29, 1.82) is 0 Å². The minimum Gasteiger partial charge on any atom is -0.322 e. The molecule has 5 heteroatoms. The molecule has 1 saturated heterocycles. The predicted molar refractivity (Wildman–Crippen MR) is 53.8 cm³/mol. The summed E-state index contributed by atoms with van der Waals surface area (Å²) >= 11 is 0. The molecule has 1 amide bonds. The van der Waals surface area contributed by atoms with Crippen molar-refractivity contribution >= 4 is 11.6 Å². The first-order valence-electron chi connectivity index (χ1n) is 4.91. The molecule has 1 aliphatic rings. The van der Waals surface area contributed by atoms with E-state index in [0.29, 0.717) is 0 Å². The minimum atomic E-state index is -0.510. The minimum absolute atomic E-state index is 0.183. The maximum atomic E-state index is 13.1. The molecule has 0 spiro atoms. The fourth-order valence-corrected chi connectivity index (χ4v) is 1.60. The van der Waals surface area contributed by atoms with E-state index in [1.165, 1.54) is 12.3 Å². The molecule has 2 rings (SSSR count). The van der Waals surface area contributed by atoms with Crippen LogP contribution in [0.25, 0.3) is 0 Å². The summed E-state index contributed by atoms with van der Waals surface area (Å²) in [6.45, 7) is 0.844. The fraction of sp³-hybridized carbons (Fsp3) is 0.400. The molecule has 0 aromatic carbocycles. The van der Waals surface area contributed by atoms with Gasteiger partial charge in [-0.15, -0.1) is 0 Å². The Balaban J connectivity index is 2.02. The summed E-state index contributed by atoms with van der Waals surface area (Å²) in [6, 6.07) is 1.25. The standard InChI is InChI=1S/C10H12FN3O/c11-7-6-12-5-3-8(7)14-10(15)9-2-1-4-13-9/h3,5-6,9,13H,1-2,4H2,(H,12,14,15). The lowest BCUT2D eigenvalue weighted by molar-refractivity contribution is -0.117. The van der Waals surface area contributed by atoms with Crippen LogP contribution in [0.4, 0.5) is 10.1 Å². The molecule has 4 nitrogen and oxygen atoms in total. The summed E-state index contributed by atoms with van der Waals surface area (Å²) < 4.78 is 13.1. The molecule has 1 atom stereocenters. The highest BCUT2D eigenvalue weighted by molar-refractivity contribution is 5.95. The molecule has 1 fully saturated rings. The number of nitrogens with zero attached hydrogens (tertiary/aromatic N) is 1. The lowest BCUT2D eigenvalue weighted by Crippen LogP contribution is -2.35. The average Bonchev–Trinajstić information content (AvgIpc) is 2.74. The number of aromatic nitrogens is 1. The van der Waals surface area contributed by atoms with Crippen LogP contribution in [0.2, 0.25) is 0 Å². The van der Waals surface area contributed by atoms with Crippen LogP contribution in [-0.4, -0.2) is 23.5 Å². The molecular formula is C10H12FN3O. The van der Waals surface area contributed by atoms with Crippen molar-refractivity contribution in [2.45, 2.75) is 18.9 Å². The summed E-state index contributed by atoms with van der Waals surface area (Å²) in [4.78, 5) is 15.2. The van der Waals surface area contributed by atoms with Gasteiger partial charge in [-0.05, 0) is 25.5 Å². The number of halogens is 1. The van der Waals surface area contributed by atoms with Crippen LogP contribution in [0.3, 0.4) is 0 Å². The molecule has 0 bridgehead atoms. The van der Waals surface area contributed by atoms with E-state index in [9.17, 15) is 9.18 Å². The topological polar surface area (TPSA) is 54.0 Å². The summed E-state index contributed by atoms with van der Waals surface area (Å²) in [6.07, 6.45) is 4.31. The second-order valence-corrected chi connectivity index (χ2v) is 3.49. The second kappa shape index (κ2) is 4.35. The monoisotopic (exact) mass is 209 g/mol. The number of amides is 1. The van der Waals surface area contributed by atoms with Crippen LogP contribution in [-0.2, 0) is 4.79 Å². The van der Waals surface area contributed by atoms with Gasteiger partial charge in [-0.1, -0.05) is 0 Å². The van der Waals surface area contributed by atoms with Crippen molar-refractivity contribution < 1.29 is 9.18 Å². The molecular weight excluding hydrogens is 197 g/mol. The average molecular weight is 209 g/mol. The van der Waals surface area contributed by atoms with Crippen molar-refractivity contribution in [1.82, 2.24) is 10.3 Å². The predicted octanol–water partition coefficient (Wildman–Crippen LogP) is 0.911. The highest BCUT2D eigenvalue weighted by Crippen LogP contribution is 2.13. The third-order valence-electron chi connectivity index (χ3n) is 2.41. The molecule has 1 aromatic heterocycles. The zero-order valence-electron chi connectivity index (χ0n) is 8.16. The third kappa shape index (κ3) is 2.30. The normalized spacial score (nSPS) is 20.2. The van der Waals surface area contributed by atoms with Gasteiger partial charge in [0.05, 0.1) is 17.9 Å². The number of nitrogens with one attached hydrogen (secondary N) is 2. The molecule has 0 saturated carbocycles. The highest BCUT2D eigenvalue weighted by Gasteiger charge is 2.22. The first-order chi connectivity index (χ1) is 7.27. The van der Waals surface area contributed by atoms with Crippen molar-refractivity contribution in [3.05, 3.63) is 24.3 Å². The SMILES string of the molecule is O=C(Nc1ccncc1F)C1CCCN1. The Bertz CT molecular complexity index is 363. The Kier molecular flexibility index (Phi) is 2.91. The first kappa shape index (κ1) is 10.0. The Morgan fingerprint density at radius 3 is 3.20 bits per heavy atom. The van der Waals surface area contributed by atoms with Gasteiger partial charge in [-0.25, -0.2) is 4.39 Å². The van der Waals surface area contributed by atoms with E-state index >= 15 is 0 Å². The van der Waals surface area contributed by atoms with Crippen molar-refractivity contribution in [2.24, 2.45) is 0 Å². The van der Waals surface area contributed by atoms with E-state index in [2.05, 4.69) is 15.6 Å². The molecule has 0 radical (unpaired) electrons. The van der Waals surface area contributed by atoms with Gasteiger partial charge in [0.25, 0.3) is 0 Å². The molecule has 2 N–H and O–H groups in total. The summed E-state index contributed by atoms with van der Waals surface area (Å²) in [5, 5.41) is 5.58. The number of carbonyl (C=O) groups is 1. The van der Waals surface area contributed by atoms with Gasteiger partial charge in [0.1, 0.15) is 0 Å². The fourth-order valence-electron chi connectivity index (χ4n) is 1.60. The van der Waals surface area contributed by atoms with Gasteiger partial charge in [0.2, 0.25) is 5.91 Å². The number of rotatable bonds is 2. The van der Waals surface area contributed by atoms with Crippen molar-refractivity contribution in [3.63, 3.8) is 0 Å². The maximum Gasteiger partial charge on any atom is 0.241 e. The summed E-state index contributed by atoms with van der Waals surface area (Å²) in [5.74, 6) is -0.693. The molecule has 15 heavy (non-hydrogen) atoms. The number of hydrogen-bond donors (Lipinski definition) is 2. The Labute approximate surface area is 86.9 Å². The second-order valence-electron chi connectivity index (χ2n) is 3.49. The Morgan fingerprint density at radius 1 is 1.67 bits per heavy atom. The molecule has 1 aliphatic heterocycles. The van der Waals surface area contributed by atoms with Crippen LogP contribution in [0.5, 0.6) is 0 Å². The van der Waals surface area contributed by atoms with Crippen molar-refractivity contribution in [3.8, 4) is 0 Å². The Hall–Kier alpha value is -1.49. The third-order valence-corrected chi connectivity index (χ3v) is 2.41. The Morgan fingerprint density at radius 2 is 2.53 bits per heavy atom. The molecule has 1 aromatic rings. The number of carbonyl (C=O) groups excluding carboxylic acids is 1. The quantitative estimate of drug-likeness (QED) is 0.761. The van der Waals surface area contributed by atoms with Crippen LogP contribution in [0.1, 0.15) is 12.8 Å².